The maximum atomic E-state index is 11.1. The summed E-state index contributed by atoms with van der Waals surface area (Å²) in [7, 11) is 1.40. The number of nitrogens with one attached hydrogen (secondary N) is 1. The predicted molar refractivity (Wildman–Crippen MR) is 75.0 cm³/mol. The first-order chi connectivity index (χ1) is 9.51. The molecule has 0 aliphatic rings. The normalized spacial score (nSPS) is 10.2. The second kappa shape index (κ2) is 5.75. The maximum absolute atomic E-state index is 11.1. The Morgan fingerprint density at radius 1 is 1.45 bits per heavy atom. The van der Waals surface area contributed by atoms with E-state index in [1.54, 1.807) is 19.2 Å². The molecule has 1 heterocycles. The van der Waals surface area contributed by atoms with Crippen LogP contribution < -0.4 is 10.1 Å². The fourth-order valence-corrected chi connectivity index (χ4v) is 1.86. The van der Waals surface area contributed by atoms with Crippen LogP contribution >= 0.6 is 11.6 Å². The summed E-state index contributed by atoms with van der Waals surface area (Å²) >= 11 is 6.07. The third-order valence-corrected chi connectivity index (χ3v) is 2.87. The number of hydrogen-bond donors (Lipinski definition) is 2. The minimum absolute atomic E-state index is 0.00178. The molecule has 0 spiro atoms. The standard InChI is InChI=1S/C13H12ClN3O3/c1-7-15-4-3-12(16-7)17-10-6-11(20-2)8(13(18)19)5-9(10)14/h3-6H,1-2H3,(H,18,19)(H,15,16,17). The van der Waals surface area contributed by atoms with Crippen LogP contribution in [0.15, 0.2) is 24.4 Å². The number of carboxylic acids is 1. The van der Waals surface area contributed by atoms with Crippen molar-refractivity contribution in [2.75, 3.05) is 12.4 Å². The van der Waals surface area contributed by atoms with E-state index in [1.165, 1.54) is 19.2 Å². The molecule has 6 nitrogen and oxygen atoms in total. The minimum Gasteiger partial charge on any atom is -0.496 e. The molecule has 2 aromatic rings. The highest BCUT2D eigenvalue weighted by Crippen LogP contribution is 2.32. The third kappa shape index (κ3) is 2.97. The number of benzene rings is 1. The van der Waals surface area contributed by atoms with Crippen LogP contribution in [-0.2, 0) is 0 Å². The van der Waals surface area contributed by atoms with Crippen molar-refractivity contribution in [3.8, 4) is 5.75 Å². The van der Waals surface area contributed by atoms with Crippen molar-refractivity contribution >= 4 is 29.1 Å². The van der Waals surface area contributed by atoms with Crippen LogP contribution in [0.2, 0.25) is 5.02 Å². The quantitative estimate of drug-likeness (QED) is 0.901. The molecule has 0 aliphatic carbocycles. The number of hydrogen-bond acceptors (Lipinski definition) is 5. The number of nitrogens with zero attached hydrogens (tertiary/aromatic N) is 2. The van der Waals surface area contributed by atoms with Gasteiger partial charge in [0.1, 0.15) is 23.0 Å². The maximum Gasteiger partial charge on any atom is 0.339 e. The number of halogens is 1. The first kappa shape index (κ1) is 14.1. The molecule has 0 unspecified atom stereocenters. The van der Waals surface area contributed by atoms with Crippen LogP contribution in [0.3, 0.4) is 0 Å². The Bertz CT molecular complexity index is 661. The lowest BCUT2D eigenvalue weighted by atomic mass is 10.2. The molecular weight excluding hydrogens is 282 g/mol. The molecule has 0 fully saturated rings. The van der Waals surface area contributed by atoms with Crippen molar-refractivity contribution < 1.29 is 14.6 Å². The summed E-state index contributed by atoms with van der Waals surface area (Å²) in [4.78, 5) is 19.2. The summed E-state index contributed by atoms with van der Waals surface area (Å²) in [6.45, 7) is 1.76. The van der Waals surface area contributed by atoms with Gasteiger partial charge in [-0.1, -0.05) is 11.6 Å². The van der Waals surface area contributed by atoms with Gasteiger partial charge in [0.05, 0.1) is 17.8 Å². The molecule has 104 valence electrons. The van der Waals surface area contributed by atoms with Gasteiger partial charge >= 0.3 is 5.97 Å². The molecule has 0 atom stereocenters. The van der Waals surface area contributed by atoms with Crippen LogP contribution in [0.4, 0.5) is 11.5 Å². The van der Waals surface area contributed by atoms with Crippen molar-refractivity contribution in [3.05, 3.63) is 40.8 Å². The average Bonchev–Trinajstić information content (AvgIpc) is 2.40. The lowest BCUT2D eigenvalue weighted by Gasteiger charge is -2.12. The Labute approximate surface area is 120 Å². The second-order valence-electron chi connectivity index (χ2n) is 3.95. The number of carboxylic acid groups (broad SMARTS) is 1. The lowest BCUT2D eigenvalue weighted by molar-refractivity contribution is 0.0693. The molecule has 20 heavy (non-hydrogen) atoms. The van der Waals surface area contributed by atoms with Crippen LogP contribution in [0.1, 0.15) is 16.2 Å². The Hall–Kier alpha value is -2.34. The van der Waals surface area contributed by atoms with Crippen LogP contribution in [-0.4, -0.2) is 28.2 Å². The largest absolute Gasteiger partial charge is 0.496 e. The van der Waals surface area contributed by atoms with Gasteiger partial charge in [0.2, 0.25) is 0 Å². The number of aryl methyl sites for hydroxylation is 1. The molecular formula is C13H12ClN3O3. The monoisotopic (exact) mass is 293 g/mol. The van der Waals surface area contributed by atoms with E-state index >= 15 is 0 Å². The number of carbonyl (C=O) groups is 1. The first-order valence-corrected chi connectivity index (χ1v) is 6.06. The minimum atomic E-state index is -1.10. The van der Waals surface area contributed by atoms with Crippen LogP contribution in [0, 0.1) is 6.92 Å². The van der Waals surface area contributed by atoms with Gasteiger partial charge in [0.15, 0.2) is 0 Å². The summed E-state index contributed by atoms with van der Waals surface area (Å²) in [6, 6.07) is 4.53. The topological polar surface area (TPSA) is 84.3 Å². The van der Waals surface area contributed by atoms with Crippen molar-refractivity contribution in [2.24, 2.45) is 0 Å². The number of rotatable bonds is 4. The van der Waals surface area contributed by atoms with Gasteiger partial charge in [-0.25, -0.2) is 14.8 Å². The van der Waals surface area contributed by atoms with E-state index in [-0.39, 0.29) is 16.3 Å². The zero-order chi connectivity index (χ0) is 14.7. The van der Waals surface area contributed by atoms with Crippen molar-refractivity contribution in [3.63, 3.8) is 0 Å². The van der Waals surface area contributed by atoms with Crippen molar-refractivity contribution in [1.29, 1.82) is 0 Å². The molecule has 2 N–H and O–H groups in total. The highest BCUT2D eigenvalue weighted by atomic mass is 35.5. The number of methoxy groups -OCH3 is 1. The average molecular weight is 294 g/mol. The van der Waals surface area contributed by atoms with Crippen LogP contribution in [0.25, 0.3) is 0 Å². The number of aromatic nitrogens is 2. The molecule has 1 aromatic carbocycles. The van der Waals surface area contributed by atoms with Crippen LogP contribution in [0.5, 0.6) is 5.75 Å². The van der Waals surface area contributed by atoms with Gasteiger partial charge in [-0.05, 0) is 19.1 Å². The van der Waals surface area contributed by atoms with Gasteiger partial charge in [-0.2, -0.15) is 0 Å². The summed E-state index contributed by atoms with van der Waals surface area (Å²) < 4.78 is 5.05. The Kier molecular flexibility index (Phi) is 4.05. The van der Waals surface area contributed by atoms with E-state index in [0.717, 1.165) is 0 Å². The summed E-state index contributed by atoms with van der Waals surface area (Å²) in [6.07, 6.45) is 1.61. The summed E-state index contributed by atoms with van der Waals surface area (Å²) in [5, 5.41) is 12.3. The molecule has 0 saturated heterocycles. The molecule has 1 aromatic heterocycles. The van der Waals surface area contributed by atoms with Gasteiger partial charge in [0.25, 0.3) is 0 Å². The lowest BCUT2D eigenvalue weighted by Crippen LogP contribution is -2.03. The molecule has 0 bridgehead atoms. The van der Waals surface area contributed by atoms with Gasteiger partial charge in [-0.15, -0.1) is 0 Å². The van der Waals surface area contributed by atoms with Crippen molar-refractivity contribution in [1.82, 2.24) is 9.97 Å². The van der Waals surface area contributed by atoms with E-state index in [4.69, 9.17) is 21.4 Å². The zero-order valence-electron chi connectivity index (χ0n) is 10.8. The van der Waals surface area contributed by atoms with Gasteiger partial charge < -0.3 is 15.2 Å². The SMILES string of the molecule is COc1cc(Nc2ccnc(C)n2)c(Cl)cc1C(=O)O. The summed E-state index contributed by atoms with van der Waals surface area (Å²) in [5.74, 6) is 0.285. The van der Waals surface area contributed by atoms with E-state index in [1.807, 2.05) is 0 Å². The Morgan fingerprint density at radius 2 is 2.20 bits per heavy atom. The molecule has 2 rings (SSSR count). The molecule has 0 aliphatic heterocycles. The van der Waals surface area contributed by atoms with Crippen molar-refractivity contribution in [2.45, 2.75) is 6.92 Å². The Balaban J connectivity index is 2.40. The molecule has 7 heteroatoms. The first-order valence-electron chi connectivity index (χ1n) is 5.68. The Morgan fingerprint density at radius 3 is 2.80 bits per heavy atom. The van der Waals surface area contributed by atoms with E-state index < -0.39 is 5.97 Å². The highest BCUT2D eigenvalue weighted by Gasteiger charge is 2.15. The second-order valence-corrected chi connectivity index (χ2v) is 4.36. The zero-order valence-corrected chi connectivity index (χ0v) is 11.6. The van der Waals surface area contributed by atoms with Gasteiger partial charge in [-0.3, -0.25) is 0 Å². The van der Waals surface area contributed by atoms with E-state index in [9.17, 15) is 4.79 Å². The van der Waals surface area contributed by atoms with Gasteiger partial charge in [0, 0.05) is 12.3 Å². The molecule has 0 radical (unpaired) electrons. The highest BCUT2D eigenvalue weighted by molar-refractivity contribution is 6.33. The van der Waals surface area contributed by atoms with E-state index in [0.29, 0.717) is 17.3 Å². The fraction of sp³-hybridized carbons (Fsp3) is 0.154. The molecule has 0 saturated carbocycles. The fourth-order valence-electron chi connectivity index (χ4n) is 1.65. The van der Waals surface area contributed by atoms with E-state index in [2.05, 4.69) is 15.3 Å². The summed E-state index contributed by atoms with van der Waals surface area (Å²) in [5.41, 5.74) is 0.508. The predicted octanol–water partition coefficient (Wildman–Crippen LogP) is 2.89. The molecule has 0 amide bonds. The number of ether oxygens (including phenoxy) is 1. The number of anilines is 2. The number of aromatic carboxylic acids is 1. The third-order valence-electron chi connectivity index (χ3n) is 2.56. The smallest absolute Gasteiger partial charge is 0.339 e.